The minimum Gasteiger partial charge on any atom is -0.458 e. The molecule has 6 heteroatoms. The van der Waals surface area contributed by atoms with Crippen LogP contribution in [0.1, 0.15) is 30.7 Å². The first-order valence-electron chi connectivity index (χ1n) is 9.36. The second-order valence-corrected chi connectivity index (χ2v) is 7.26. The molecule has 1 aromatic carbocycles. The number of aromatic nitrogens is 2. The summed E-state index contributed by atoms with van der Waals surface area (Å²) >= 11 is 0. The van der Waals surface area contributed by atoms with Gasteiger partial charge in [0.1, 0.15) is 18.3 Å². The lowest BCUT2D eigenvalue weighted by molar-refractivity contribution is -0.150. The van der Waals surface area contributed by atoms with E-state index in [1.807, 2.05) is 80.0 Å². The standard InChI is InChI=1S/C22H25N3O3/c1-15(2)21(24-20(26)11-17-7-5-4-6-8-17)22(27)28-14-18-13-25-12-16(3)9-10-19(25)23-18/h4-10,12-13,15,21H,11,14H2,1-3H3,(H,24,26). The number of carbonyl (C=O) groups excluding carboxylic acids is 2. The van der Waals surface area contributed by atoms with E-state index < -0.39 is 12.0 Å². The lowest BCUT2D eigenvalue weighted by Crippen LogP contribution is -2.45. The molecule has 0 radical (unpaired) electrons. The molecule has 0 saturated carbocycles. The van der Waals surface area contributed by atoms with Crippen molar-refractivity contribution in [2.75, 3.05) is 0 Å². The number of nitrogens with zero attached hydrogens (tertiary/aromatic N) is 2. The minimum atomic E-state index is -0.699. The third kappa shape index (κ3) is 4.97. The molecular formula is C22H25N3O3. The third-order valence-electron chi connectivity index (χ3n) is 4.46. The summed E-state index contributed by atoms with van der Waals surface area (Å²) in [7, 11) is 0. The molecule has 0 aliphatic heterocycles. The molecule has 0 aliphatic carbocycles. The van der Waals surface area contributed by atoms with Crippen molar-refractivity contribution in [3.05, 3.63) is 71.7 Å². The van der Waals surface area contributed by atoms with Gasteiger partial charge in [0.15, 0.2) is 0 Å². The van der Waals surface area contributed by atoms with Crippen LogP contribution in [-0.4, -0.2) is 27.3 Å². The molecule has 28 heavy (non-hydrogen) atoms. The average Bonchev–Trinajstić information content (AvgIpc) is 3.06. The monoisotopic (exact) mass is 379 g/mol. The third-order valence-corrected chi connectivity index (χ3v) is 4.46. The maximum absolute atomic E-state index is 12.5. The van der Waals surface area contributed by atoms with Crippen molar-refractivity contribution in [1.82, 2.24) is 14.7 Å². The van der Waals surface area contributed by atoms with Crippen LogP contribution >= 0.6 is 0 Å². The summed E-state index contributed by atoms with van der Waals surface area (Å²) in [5, 5.41) is 2.80. The average molecular weight is 379 g/mol. The number of pyridine rings is 1. The van der Waals surface area contributed by atoms with Crippen LogP contribution in [-0.2, 0) is 27.4 Å². The summed E-state index contributed by atoms with van der Waals surface area (Å²) in [6.45, 7) is 5.83. The molecule has 1 amide bonds. The number of nitrogens with one attached hydrogen (secondary N) is 1. The minimum absolute atomic E-state index is 0.0668. The normalized spacial score (nSPS) is 12.1. The smallest absolute Gasteiger partial charge is 0.329 e. The maximum Gasteiger partial charge on any atom is 0.329 e. The Balaban J connectivity index is 1.59. The summed E-state index contributed by atoms with van der Waals surface area (Å²) in [6, 6.07) is 12.6. The Bertz CT molecular complexity index is 964. The highest BCUT2D eigenvalue weighted by atomic mass is 16.5. The van der Waals surface area contributed by atoms with Crippen LogP contribution in [0.5, 0.6) is 0 Å². The van der Waals surface area contributed by atoms with Crippen molar-refractivity contribution >= 4 is 17.5 Å². The summed E-state index contributed by atoms with van der Waals surface area (Å²) in [6.07, 6.45) is 4.03. The fraction of sp³-hybridized carbons (Fsp3) is 0.318. The number of imidazole rings is 1. The number of fused-ring (bicyclic) bond motifs is 1. The van der Waals surface area contributed by atoms with E-state index in [0.29, 0.717) is 5.69 Å². The van der Waals surface area contributed by atoms with Gasteiger partial charge in [0.25, 0.3) is 0 Å². The van der Waals surface area contributed by atoms with Crippen molar-refractivity contribution in [2.45, 2.75) is 39.8 Å². The van der Waals surface area contributed by atoms with Crippen molar-refractivity contribution < 1.29 is 14.3 Å². The molecule has 146 valence electrons. The molecule has 1 unspecified atom stereocenters. The largest absolute Gasteiger partial charge is 0.458 e. The lowest BCUT2D eigenvalue weighted by atomic mass is 10.0. The molecule has 0 aliphatic rings. The molecule has 0 saturated heterocycles. The SMILES string of the molecule is Cc1ccc2nc(COC(=O)C(NC(=O)Cc3ccccc3)C(C)C)cn2c1. The Morgan fingerprint density at radius 3 is 2.57 bits per heavy atom. The van der Waals surface area contributed by atoms with Gasteiger partial charge < -0.3 is 14.5 Å². The first-order valence-corrected chi connectivity index (χ1v) is 9.36. The van der Waals surface area contributed by atoms with Gasteiger partial charge in [-0.25, -0.2) is 9.78 Å². The number of aryl methyl sites for hydroxylation is 1. The summed E-state index contributed by atoms with van der Waals surface area (Å²) in [4.78, 5) is 29.3. The van der Waals surface area contributed by atoms with Gasteiger partial charge >= 0.3 is 5.97 Å². The number of hydrogen-bond donors (Lipinski definition) is 1. The van der Waals surface area contributed by atoms with Crippen LogP contribution < -0.4 is 5.32 Å². The van der Waals surface area contributed by atoms with Crippen LogP contribution in [0.15, 0.2) is 54.9 Å². The number of esters is 1. The molecule has 1 atom stereocenters. The van der Waals surface area contributed by atoms with Crippen LogP contribution in [0.25, 0.3) is 5.65 Å². The van der Waals surface area contributed by atoms with Crippen LogP contribution in [0, 0.1) is 12.8 Å². The van der Waals surface area contributed by atoms with Gasteiger partial charge in [-0.2, -0.15) is 0 Å². The van der Waals surface area contributed by atoms with Gasteiger partial charge in [0.05, 0.1) is 12.1 Å². The zero-order chi connectivity index (χ0) is 20.1. The summed E-state index contributed by atoms with van der Waals surface area (Å²) < 4.78 is 7.34. The molecule has 2 heterocycles. The van der Waals surface area contributed by atoms with Gasteiger partial charge in [-0.05, 0) is 30.0 Å². The predicted octanol–water partition coefficient (Wildman–Crippen LogP) is 3.07. The first kappa shape index (κ1) is 19.6. The van der Waals surface area contributed by atoms with E-state index >= 15 is 0 Å². The second kappa shape index (κ2) is 8.69. The highest BCUT2D eigenvalue weighted by molar-refractivity contribution is 5.85. The van der Waals surface area contributed by atoms with Gasteiger partial charge in [-0.15, -0.1) is 0 Å². The molecule has 3 rings (SSSR count). The summed E-state index contributed by atoms with van der Waals surface area (Å²) in [5.41, 5.74) is 3.48. The molecule has 1 N–H and O–H groups in total. The number of ether oxygens (including phenoxy) is 1. The number of hydrogen-bond acceptors (Lipinski definition) is 4. The molecule has 0 spiro atoms. The molecule has 0 bridgehead atoms. The topological polar surface area (TPSA) is 72.7 Å². The maximum atomic E-state index is 12.5. The van der Waals surface area contributed by atoms with E-state index in [4.69, 9.17) is 4.74 Å². The van der Waals surface area contributed by atoms with Crippen LogP contribution in [0.4, 0.5) is 0 Å². The van der Waals surface area contributed by atoms with Crippen molar-refractivity contribution in [2.24, 2.45) is 5.92 Å². The highest BCUT2D eigenvalue weighted by Crippen LogP contribution is 2.11. The van der Waals surface area contributed by atoms with Gasteiger partial charge in [0.2, 0.25) is 5.91 Å². The van der Waals surface area contributed by atoms with Gasteiger partial charge in [-0.3, -0.25) is 4.79 Å². The second-order valence-electron chi connectivity index (χ2n) is 7.26. The van der Waals surface area contributed by atoms with Crippen LogP contribution in [0.2, 0.25) is 0 Å². The van der Waals surface area contributed by atoms with Crippen molar-refractivity contribution in [3.63, 3.8) is 0 Å². The number of rotatable bonds is 7. The predicted molar refractivity (Wildman–Crippen MR) is 107 cm³/mol. The number of carbonyl (C=O) groups is 2. The number of amides is 1. The van der Waals surface area contributed by atoms with Crippen molar-refractivity contribution in [1.29, 1.82) is 0 Å². The Kier molecular flexibility index (Phi) is 6.09. The molecule has 3 aromatic rings. The summed E-state index contributed by atoms with van der Waals surface area (Å²) in [5.74, 6) is -0.745. The van der Waals surface area contributed by atoms with Crippen LogP contribution in [0.3, 0.4) is 0 Å². The quantitative estimate of drug-likeness (QED) is 0.641. The highest BCUT2D eigenvalue weighted by Gasteiger charge is 2.26. The van der Waals surface area contributed by atoms with Gasteiger partial charge in [-0.1, -0.05) is 50.2 Å². The van der Waals surface area contributed by atoms with E-state index in [0.717, 1.165) is 16.8 Å². The Morgan fingerprint density at radius 1 is 1.11 bits per heavy atom. The number of benzene rings is 1. The zero-order valence-corrected chi connectivity index (χ0v) is 16.4. The zero-order valence-electron chi connectivity index (χ0n) is 16.4. The molecule has 2 aromatic heterocycles. The molecule has 6 nitrogen and oxygen atoms in total. The van der Waals surface area contributed by atoms with Crippen molar-refractivity contribution in [3.8, 4) is 0 Å². The fourth-order valence-corrected chi connectivity index (χ4v) is 2.96. The molecule has 0 fully saturated rings. The Hall–Kier alpha value is -3.15. The lowest BCUT2D eigenvalue weighted by Gasteiger charge is -2.20. The first-order chi connectivity index (χ1) is 13.4. The van der Waals surface area contributed by atoms with Gasteiger partial charge in [0, 0.05) is 12.4 Å². The van der Waals surface area contributed by atoms with E-state index in [2.05, 4.69) is 10.3 Å². The molecular weight excluding hydrogens is 354 g/mol. The van der Waals surface area contributed by atoms with E-state index in [9.17, 15) is 9.59 Å². The van der Waals surface area contributed by atoms with E-state index in [-0.39, 0.29) is 24.9 Å². The Labute approximate surface area is 164 Å². The van der Waals surface area contributed by atoms with E-state index in [1.54, 1.807) is 0 Å². The Morgan fingerprint density at radius 2 is 1.86 bits per heavy atom. The van der Waals surface area contributed by atoms with E-state index in [1.165, 1.54) is 0 Å². The fourth-order valence-electron chi connectivity index (χ4n) is 2.96.